The van der Waals surface area contributed by atoms with Crippen molar-refractivity contribution in [2.24, 2.45) is 17.8 Å². The summed E-state index contributed by atoms with van der Waals surface area (Å²) in [5.74, 6) is 0.786. The van der Waals surface area contributed by atoms with E-state index in [9.17, 15) is 9.59 Å². The second-order valence-electron chi connectivity index (χ2n) is 11.2. The molecule has 1 heterocycles. The molecule has 3 aliphatic carbocycles. The number of carbonyl (C=O) groups excluding carboxylic acids is 2. The number of hydrogen-bond acceptors (Lipinski definition) is 3. The molecule has 3 heteroatoms. The number of rotatable bonds is 1. The maximum absolute atomic E-state index is 12.4. The zero-order valence-electron chi connectivity index (χ0n) is 21.3. The maximum atomic E-state index is 12.4. The van der Waals surface area contributed by atoms with Gasteiger partial charge in [0.2, 0.25) is 0 Å². The molecule has 186 valence electrons. The van der Waals surface area contributed by atoms with Crippen molar-refractivity contribution in [1.29, 1.82) is 0 Å². The zero-order chi connectivity index (χ0) is 25.1. The number of benzene rings is 4. The van der Waals surface area contributed by atoms with Crippen molar-refractivity contribution < 1.29 is 14.3 Å². The fourth-order valence-electron chi connectivity index (χ4n) is 7.17. The molecular formula is C34H32O3. The summed E-state index contributed by atoms with van der Waals surface area (Å²) >= 11 is 0. The number of epoxide rings is 1. The molecule has 5 unspecified atom stereocenters. The molecule has 0 aromatic heterocycles. The highest BCUT2D eigenvalue weighted by Crippen LogP contribution is 2.48. The van der Waals surface area contributed by atoms with E-state index in [2.05, 4.69) is 55.5 Å². The minimum Gasteiger partial charge on any atom is -0.369 e. The SMILES string of the molecule is CCC1CCc2c(ccc3c2ccc2ccccc23)C1.O=C1c2ccccc2C(=O)C2C1CCC1OC12. The van der Waals surface area contributed by atoms with E-state index >= 15 is 0 Å². The van der Waals surface area contributed by atoms with E-state index in [0.29, 0.717) is 11.1 Å². The van der Waals surface area contributed by atoms with Crippen LogP contribution in [-0.4, -0.2) is 23.8 Å². The van der Waals surface area contributed by atoms with Crippen LogP contribution in [0.25, 0.3) is 21.5 Å². The monoisotopic (exact) mass is 488 g/mol. The largest absolute Gasteiger partial charge is 0.369 e. The molecule has 8 rings (SSSR count). The van der Waals surface area contributed by atoms with E-state index in [1.165, 1.54) is 47.2 Å². The Kier molecular flexibility index (Phi) is 5.51. The lowest BCUT2D eigenvalue weighted by molar-refractivity contribution is 0.0684. The molecule has 1 aliphatic heterocycles. The summed E-state index contributed by atoms with van der Waals surface area (Å²) < 4.78 is 5.51. The number of fused-ring (bicyclic) bond motifs is 9. The Labute approximate surface area is 217 Å². The first-order chi connectivity index (χ1) is 18.1. The third kappa shape index (κ3) is 3.75. The summed E-state index contributed by atoms with van der Waals surface area (Å²) in [7, 11) is 0. The average molecular weight is 489 g/mol. The minimum absolute atomic E-state index is 0.0126. The molecule has 2 fully saturated rings. The van der Waals surface area contributed by atoms with Crippen LogP contribution in [0.15, 0.2) is 72.8 Å². The molecule has 37 heavy (non-hydrogen) atoms. The predicted molar refractivity (Wildman–Crippen MR) is 147 cm³/mol. The van der Waals surface area contributed by atoms with E-state index in [-0.39, 0.29) is 35.6 Å². The Balaban J connectivity index is 0.000000126. The molecule has 4 aromatic carbocycles. The number of hydrogen-bond donors (Lipinski definition) is 0. The van der Waals surface area contributed by atoms with Gasteiger partial charge in [0, 0.05) is 17.0 Å². The van der Waals surface area contributed by atoms with Gasteiger partial charge in [-0.25, -0.2) is 0 Å². The fraction of sp³-hybridized carbons (Fsp3) is 0.353. The zero-order valence-corrected chi connectivity index (χ0v) is 21.3. The molecule has 0 spiro atoms. The summed E-state index contributed by atoms with van der Waals surface area (Å²) in [5.41, 5.74) is 4.40. The Bertz CT molecular complexity index is 1550. The van der Waals surface area contributed by atoms with Crippen LogP contribution >= 0.6 is 0 Å². The van der Waals surface area contributed by atoms with Crippen LogP contribution in [0.1, 0.15) is 64.4 Å². The molecule has 1 saturated heterocycles. The van der Waals surface area contributed by atoms with Gasteiger partial charge in [-0.3, -0.25) is 9.59 Å². The van der Waals surface area contributed by atoms with Crippen LogP contribution in [0.4, 0.5) is 0 Å². The van der Waals surface area contributed by atoms with Gasteiger partial charge < -0.3 is 4.74 Å². The predicted octanol–water partition coefficient (Wildman–Crippen LogP) is 7.37. The van der Waals surface area contributed by atoms with Gasteiger partial charge in [0.1, 0.15) is 0 Å². The standard InChI is InChI=1S/C20H20.C14H12O3/c1-2-14-7-10-18-16(13-14)9-12-19-17-6-4-3-5-15(17)8-11-20(18)19;15-12-7-3-1-2-4-8(7)13(16)11-9(12)5-6-10-14(11)17-10/h3-6,8-9,11-12,14H,2,7,10,13H2,1H3;1-4,9-11,14H,5-6H2. The molecule has 1 saturated carbocycles. The summed E-state index contributed by atoms with van der Waals surface area (Å²) in [5, 5.41) is 5.65. The summed E-state index contributed by atoms with van der Waals surface area (Å²) in [4.78, 5) is 24.8. The molecule has 5 atom stereocenters. The lowest BCUT2D eigenvalue weighted by Gasteiger charge is -2.31. The van der Waals surface area contributed by atoms with Gasteiger partial charge in [-0.05, 0) is 70.7 Å². The molecule has 0 bridgehead atoms. The van der Waals surface area contributed by atoms with Gasteiger partial charge >= 0.3 is 0 Å². The molecule has 0 amide bonds. The van der Waals surface area contributed by atoms with Crippen LogP contribution in [0.5, 0.6) is 0 Å². The Hall–Kier alpha value is -3.30. The molecule has 4 aromatic rings. The molecule has 0 N–H and O–H groups in total. The van der Waals surface area contributed by atoms with Gasteiger partial charge in [0.15, 0.2) is 11.6 Å². The van der Waals surface area contributed by atoms with E-state index in [0.717, 1.165) is 18.8 Å². The first kappa shape index (κ1) is 22.9. The average Bonchev–Trinajstić information content (AvgIpc) is 3.75. The van der Waals surface area contributed by atoms with Crippen LogP contribution < -0.4 is 0 Å². The Morgan fingerprint density at radius 1 is 0.757 bits per heavy atom. The molecular weight excluding hydrogens is 456 g/mol. The van der Waals surface area contributed by atoms with Crippen molar-refractivity contribution in [2.45, 2.75) is 57.7 Å². The number of aryl methyl sites for hydroxylation is 1. The summed E-state index contributed by atoms with van der Waals surface area (Å²) in [6, 6.07) is 25.2. The summed E-state index contributed by atoms with van der Waals surface area (Å²) in [6.07, 6.45) is 7.16. The van der Waals surface area contributed by atoms with Crippen LogP contribution in [0.3, 0.4) is 0 Å². The smallest absolute Gasteiger partial charge is 0.170 e. The lowest BCUT2D eigenvalue weighted by atomic mass is 9.67. The first-order valence-electron chi connectivity index (χ1n) is 13.9. The summed E-state index contributed by atoms with van der Waals surface area (Å²) in [6.45, 7) is 2.32. The molecule has 3 nitrogen and oxygen atoms in total. The van der Waals surface area contributed by atoms with Crippen molar-refractivity contribution in [3.8, 4) is 0 Å². The van der Waals surface area contributed by atoms with Crippen molar-refractivity contribution >= 4 is 33.1 Å². The quantitative estimate of drug-likeness (QED) is 0.208. The topological polar surface area (TPSA) is 46.7 Å². The normalized spacial score (nSPS) is 27.4. The van der Waals surface area contributed by atoms with Gasteiger partial charge in [-0.1, -0.05) is 86.1 Å². The van der Waals surface area contributed by atoms with Gasteiger partial charge in [0.05, 0.1) is 18.1 Å². The second kappa shape index (κ2) is 8.92. The lowest BCUT2D eigenvalue weighted by Crippen LogP contribution is -2.42. The van der Waals surface area contributed by atoms with Gasteiger partial charge in [-0.2, -0.15) is 0 Å². The van der Waals surface area contributed by atoms with Crippen molar-refractivity contribution in [1.82, 2.24) is 0 Å². The van der Waals surface area contributed by atoms with Crippen LogP contribution in [0.2, 0.25) is 0 Å². The van der Waals surface area contributed by atoms with Gasteiger partial charge in [-0.15, -0.1) is 0 Å². The highest BCUT2D eigenvalue weighted by Gasteiger charge is 2.58. The third-order valence-electron chi connectivity index (χ3n) is 9.29. The second-order valence-corrected chi connectivity index (χ2v) is 11.2. The fourth-order valence-corrected chi connectivity index (χ4v) is 7.17. The van der Waals surface area contributed by atoms with Crippen LogP contribution in [0, 0.1) is 17.8 Å². The number of ketones is 2. The minimum atomic E-state index is -0.212. The highest BCUT2D eigenvalue weighted by atomic mass is 16.6. The number of carbonyl (C=O) groups is 2. The van der Waals surface area contributed by atoms with Crippen molar-refractivity contribution in [3.63, 3.8) is 0 Å². The molecule has 4 aliphatic rings. The third-order valence-corrected chi connectivity index (χ3v) is 9.29. The number of ether oxygens (including phenoxy) is 1. The first-order valence-corrected chi connectivity index (χ1v) is 13.9. The van der Waals surface area contributed by atoms with Gasteiger partial charge in [0.25, 0.3) is 0 Å². The Morgan fingerprint density at radius 2 is 1.51 bits per heavy atom. The highest BCUT2D eigenvalue weighted by molar-refractivity contribution is 6.16. The van der Waals surface area contributed by atoms with E-state index < -0.39 is 0 Å². The van der Waals surface area contributed by atoms with E-state index in [1.807, 2.05) is 12.1 Å². The van der Waals surface area contributed by atoms with Crippen LogP contribution in [-0.2, 0) is 17.6 Å². The number of Topliss-reactive ketones (excluding diaryl/α,β-unsaturated/α-hetero) is 2. The van der Waals surface area contributed by atoms with E-state index in [4.69, 9.17) is 4.74 Å². The maximum Gasteiger partial charge on any atom is 0.170 e. The van der Waals surface area contributed by atoms with E-state index in [1.54, 1.807) is 23.3 Å². The Morgan fingerprint density at radius 3 is 2.35 bits per heavy atom. The van der Waals surface area contributed by atoms with Crippen molar-refractivity contribution in [2.75, 3.05) is 0 Å². The molecule has 0 radical (unpaired) electrons. The van der Waals surface area contributed by atoms with Crippen molar-refractivity contribution in [3.05, 3.63) is 95.1 Å².